The lowest BCUT2D eigenvalue weighted by molar-refractivity contribution is 0.151. The Balaban J connectivity index is 2.52. The number of aromatic nitrogens is 2. The minimum absolute atomic E-state index is 0.266. The highest BCUT2D eigenvalue weighted by Crippen LogP contribution is 2.08. The molecule has 5 heteroatoms. The number of nitrogens with two attached hydrogens (primary N) is 1. The van der Waals surface area contributed by atoms with Crippen LogP contribution in [0, 0.1) is 0 Å². The van der Waals surface area contributed by atoms with Crippen LogP contribution in [0.25, 0.3) is 0 Å². The van der Waals surface area contributed by atoms with E-state index in [2.05, 4.69) is 10.1 Å². The van der Waals surface area contributed by atoms with Crippen molar-refractivity contribution in [2.45, 2.75) is 25.9 Å². The molecule has 0 radical (unpaired) electrons. The average molecular weight is 171 g/mol. The number of aliphatic hydroxyl groups excluding tert-OH is 1. The quantitative estimate of drug-likeness (QED) is 0.666. The van der Waals surface area contributed by atoms with Crippen LogP contribution in [0.4, 0.5) is 0 Å². The minimum Gasteiger partial charge on any atom is -0.384 e. The normalized spacial score (nSPS) is 13.2. The molecular formula is C7H13N3O2. The smallest absolute Gasteiger partial charge is 0.255 e. The van der Waals surface area contributed by atoms with Crippen LogP contribution in [0.1, 0.15) is 31.2 Å². The lowest BCUT2D eigenvalue weighted by atomic mass is 10.3. The zero-order valence-electron chi connectivity index (χ0n) is 7.03. The maximum absolute atomic E-state index is 9.04. The van der Waals surface area contributed by atoms with E-state index in [0.717, 1.165) is 6.42 Å². The molecule has 3 N–H and O–H groups in total. The molecule has 0 amide bonds. The molecule has 5 nitrogen and oxygen atoms in total. The van der Waals surface area contributed by atoms with Crippen molar-refractivity contribution < 1.29 is 9.63 Å². The first-order valence-electron chi connectivity index (χ1n) is 3.94. The van der Waals surface area contributed by atoms with Crippen molar-refractivity contribution in [1.82, 2.24) is 10.1 Å². The molecule has 68 valence electrons. The van der Waals surface area contributed by atoms with Crippen molar-refractivity contribution in [1.29, 1.82) is 0 Å². The second-order valence-corrected chi connectivity index (χ2v) is 2.62. The van der Waals surface area contributed by atoms with E-state index in [1.165, 1.54) is 0 Å². The van der Waals surface area contributed by atoms with Gasteiger partial charge >= 0.3 is 0 Å². The van der Waals surface area contributed by atoms with Crippen LogP contribution in [0.5, 0.6) is 0 Å². The summed E-state index contributed by atoms with van der Waals surface area (Å²) in [5.41, 5.74) is 5.31. The first-order valence-corrected chi connectivity index (χ1v) is 3.94. The molecule has 0 spiro atoms. The van der Waals surface area contributed by atoms with Crippen molar-refractivity contribution in [3.63, 3.8) is 0 Å². The molecular weight excluding hydrogens is 158 g/mol. The van der Waals surface area contributed by atoms with Crippen molar-refractivity contribution in [2.24, 2.45) is 5.73 Å². The highest BCUT2D eigenvalue weighted by Gasteiger charge is 2.09. The lowest BCUT2D eigenvalue weighted by Crippen LogP contribution is -2.01. The number of hydrogen-bond acceptors (Lipinski definition) is 5. The van der Waals surface area contributed by atoms with Crippen LogP contribution in [-0.4, -0.2) is 21.8 Å². The molecule has 0 aliphatic carbocycles. The van der Waals surface area contributed by atoms with E-state index < -0.39 is 6.10 Å². The van der Waals surface area contributed by atoms with Gasteiger partial charge in [0.25, 0.3) is 5.89 Å². The third-order valence-electron chi connectivity index (χ3n) is 1.45. The first-order chi connectivity index (χ1) is 5.74. The molecule has 1 heterocycles. The van der Waals surface area contributed by atoms with Gasteiger partial charge in [0, 0.05) is 6.42 Å². The van der Waals surface area contributed by atoms with E-state index in [1.54, 1.807) is 6.92 Å². The number of nitrogens with zero attached hydrogens (tertiary/aromatic N) is 2. The van der Waals surface area contributed by atoms with Gasteiger partial charge in [0.2, 0.25) is 0 Å². The largest absolute Gasteiger partial charge is 0.384 e. The van der Waals surface area contributed by atoms with Gasteiger partial charge < -0.3 is 15.4 Å². The van der Waals surface area contributed by atoms with E-state index in [-0.39, 0.29) is 5.89 Å². The van der Waals surface area contributed by atoms with Crippen LogP contribution < -0.4 is 5.73 Å². The third kappa shape index (κ3) is 2.28. The second-order valence-electron chi connectivity index (χ2n) is 2.62. The molecule has 0 fully saturated rings. The number of aliphatic hydroxyl groups is 1. The van der Waals surface area contributed by atoms with E-state index in [9.17, 15) is 0 Å². The van der Waals surface area contributed by atoms with Crippen molar-refractivity contribution in [3.05, 3.63) is 11.7 Å². The topological polar surface area (TPSA) is 85.2 Å². The van der Waals surface area contributed by atoms with Crippen LogP contribution in [0.3, 0.4) is 0 Å². The summed E-state index contributed by atoms with van der Waals surface area (Å²) in [5, 5.41) is 12.7. The highest BCUT2D eigenvalue weighted by atomic mass is 16.5. The number of hydrogen-bond donors (Lipinski definition) is 2. The predicted octanol–water partition coefficient (Wildman–Crippen LogP) is 0.0142. The molecule has 0 bridgehead atoms. The van der Waals surface area contributed by atoms with Crippen molar-refractivity contribution in [2.75, 3.05) is 6.54 Å². The Morgan fingerprint density at radius 3 is 2.92 bits per heavy atom. The first kappa shape index (κ1) is 9.15. The van der Waals surface area contributed by atoms with Gasteiger partial charge in [-0.05, 0) is 19.9 Å². The Hall–Kier alpha value is -0.940. The maximum atomic E-state index is 9.04. The van der Waals surface area contributed by atoms with Gasteiger partial charge in [-0.1, -0.05) is 5.16 Å². The summed E-state index contributed by atoms with van der Waals surface area (Å²) < 4.78 is 4.77. The van der Waals surface area contributed by atoms with E-state index in [1.807, 2.05) is 0 Å². The van der Waals surface area contributed by atoms with Crippen LogP contribution >= 0.6 is 0 Å². The van der Waals surface area contributed by atoms with Gasteiger partial charge in [-0.3, -0.25) is 0 Å². The van der Waals surface area contributed by atoms with Gasteiger partial charge in [0.1, 0.15) is 6.10 Å². The van der Waals surface area contributed by atoms with Gasteiger partial charge in [0.15, 0.2) is 5.82 Å². The van der Waals surface area contributed by atoms with E-state index in [4.69, 9.17) is 15.4 Å². The zero-order valence-corrected chi connectivity index (χ0v) is 7.03. The zero-order chi connectivity index (χ0) is 8.97. The van der Waals surface area contributed by atoms with Crippen molar-refractivity contribution in [3.8, 4) is 0 Å². The Morgan fingerprint density at radius 2 is 2.42 bits per heavy atom. The second kappa shape index (κ2) is 4.18. The summed E-state index contributed by atoms with van der Waals surface area (Å²) in [6, 6.07) is 0. The molecule has 0 aliphatic heterocycles. The minimum atomic E-state index is -0.691. The average Bonchev–Trinajstić information content (AvgIpc) is 2.48. The maximum Gasteiger partial charge on any atom is 0.255 e. The molecule has 1 aromatic heterocycles. The molecule has 0 saturated heterocycles. The molecule has 1 unspecified atom stereocenters. The van der Waals surface area contributed by atoms with Gasteiger partial charge in [-0.2, -0.15) is 4.98 Å². The fraction of sp³-hybridized carbons (Fsp3) is 0.714. The van der Waals surface area contributed by atoms with Gasteiger partial charge in [0.05, 0.1) is 0 Å². The Morgan fingerprint density at radius 1 is 1.67 bits per heavy atom. The third-order valence-corrected chi connectivity index (χ3v) is 1.45. The van der Waals surface area contributed by atoms with Gasteiger partial charge in [-0.25, -0.2) is 0 Å². The van der Waals surface area contributed by atoms with Crippen molar-refractivity contribution >= 4 is 0 Å². The summed E-state index contributed by atoms with van der Waals surface area (Å²) >= 11 is 0. The molecule has 1 rings (SSSR count). The van der Waals surface area contributed by atoms with E-state index in [0.29, 0.717) is 18.8 Å². The molecule has 0 aliphatic rings. The van der Waals surface area contributed by atoms with Crippen LogP contribution in [0.2, 0.25) is 0 Å². The Labute approximate surface area is 70.6 Å². The summed E-state index contributed by atoms with van der Waals surface area (Å²) in [6.07, 6.45) is 0.843. The summed E-state index contributed by atoms with van der Waals surface area (Å²) in [4.78, 5) is 3.96. The summed E-state index contributed by atoms with van der Waals surface area (Å²) in [7, 11) is 0. The molecule has 1 atom stereocenters. The summed E-state index contributed by atoms with van der Waals surface area (Å²) in [5.74, 6) is 0.873. The number of rotatable bonds is 4. The van der Waals surface area contributed by atoms with Gasteiger partial charge in [-0.15, -0.1) is 0 Å². The molecule has 0 aromatic carbocycles. The monoisotopic (exact) mass is 171 g/mol. The fourth-order valence-corrected chi connectivity index (χ4v) is 0.799. The van der Waals surface area contributed by atoms with E-state index >= 15 is 0 Å². The molecule has 1 aromatic rings. The fourth-order valence-electron chi connectivity index (χ4n) is 0.799. The standard InChI is InChI=1S/C7H13N3O2/c1-5(11)7-9-6(10-12-7)3-2-4-8/h5,11H,2-4,8H2,1H3. The predicted molar refractivity (Wildman–Crippen MR) is 42.3 cm³/mol. The molecule has 12 heavy (non-hydrogen) atoms. The Bertz CT molecular complexity index is 234. The Kier molecular flexibility index (Phi) is 3.19. The van der Waals surface area contributed by atoms with Crippen LogP contribution in [-0.2, 0) is 6.42 Å². The SMILES string of the molecule is CC(O)c1nc(CCCN)no1. The van der Waals surface area contributed by atoms with Crippen LogP contribution in [0.15, 0.2) is 4.52 Å². The highest BCUT2D eigenvalue weighted by molar-refractivity contribution is 4.88. The lowest BCUT2D eigenvalue weighted by Gasteiger charge is -1.92. The number of aryl methyl sites for hydroxylation is 1. The summed E-state index contributed by atoms with van der Waals surface area (Å²) in [6.45, 7) is 2.19. The molecule has 0 saturated carbocycles.